The summed E-state index contributed by atoms with van der Waals surface area (Å²) in [6.45, 7) is 2.50. The molecule has 0 N–H and O–H groups in total. The third-order valence-corrected chi connectivity index (χ3v) is 5.14. The lowest BCUT2D eigenvalue weighted by molar-refractivity contribution is 0.337. The number of para-hydroxylation sites is 2. The summed E-state index contributed by atoms with van der Waals surface area (Å²) in [5.74, 6) is 2.31. The van der Waals surface area contributed by atoms with Crippen LogP contribution in [0.25, 0.3) is 16.4 Å². The van der Waals surface area contributed by atoms with E-state index in [1.165, 1.54) is 11.8 Å². The predicted octanol–water partition coefficient (Wildman–Crippen LogP) is 3.46. The average molecular weight is 386 g/mol. The molecule has 8 nitrogen and oxygen atoms in total. The largest absolute Gasteiger partial charge is 0.492 e. The topological polar surface area (TPSA) is 91.8 Å². The van der Waals surface area contributed by atoms with E-state index in [9.17, 15) is 0 Å². The summed E-state index contributed by atoms with van der Waals surface area (Å²) in [5, 5.41) is 18.5. The SMILES string of the molecule is CCOc1ccccc1-n1nnnc1SCc1nc(-c2cccs2)no1. The second-order valence-corrected chi connectivity index (χ2v) is 6.94. The van der Waals surface area contributed by atoms with Gasteiger partial charge < -0.3 is 9.26 Å². The van der Waals surface area contributed by atoms with Crippen molar-refractivity contribution in [3.05, 3.63) is 47.7 Å². The lowest BCUT2D eigenvalue weighted by Gasteiger charge is -2.10. The van der Waals surface area contributed by atoms with Crippen molar-refractivity contribution >= 4 is 23.1 Å². The van der Waals surface area contributed by atoms with Crippen molar-refractivity contribution in [2.24, 2.45) is 0 Å². The molecule has 0 amide bonds. The van der Waals surface area contributed by atoms with Crippen molar-refractivity contribution in [1.29, 1.82) is 0 Å². The summed E-state index contributed by atoms with van der Waals surface area (Å²) in [7, 11) is 0. The van der Waals surface area contributed by atoms with Crippen LogP contribution in [0.1, 0.15) is 12.8 Å². The fraction of sp³-hybridized carbons (Fsp3) is 0.188. The number of thiophene rings is 1. The fourth-order valence-electron chi connectivity index (χ4n) is 2.28. The first-order chi connectivity index (χ1) is 12.8. The molecule has 4 rings (SSSR count). The minimum atomic E-state index is 0.468. The highest BCUT2D eigenvalue weighted by Gasteiger charge is 2.15. The first-order valence-electron chi connectivity index (χ1n) is 7.85. The molecule has 26 heavy (non-hydrogen) atoms. The van der Waals surface area contributed by atoms with E-state index in [-0.39, 0.29) is 0 Å². The molecule has 0 saturated heterocycles. The van der Waals surface area contributed by atoms with Gasteiger partial charge in [-0.2, -0.15) is 9.67 Å². The Morgan fingerprint density at radius 2 is 2.15 bits per heavy atom. The van der Waals surface area contributed by atoms with Crippen molar-refractivity contribution in [2.45, 2.75) is 17.8 Å². The number of nitrogens with zero attached hydrogens (tertiary/aromatic N) is 6. The van der Waals surface area contributed by atoms with Crippen LogP contribution in [0, 0.1) is 0 Å². The maximum Gasteiger partial charge on any atom is 0.237 e. The zero-order chi connectivity index (χ0) is 17.8. The first kappa shape index (κ1) is 16.7. The molecular weight excluding hydrogens is 372 g/mol. The Bertz CT molecular complexity index is 982. The van der Waals surface area contributed by atoms with Gasteiger partial charge in [-0.05, 0) is 40.9 Å². The Kier molecular flexibility index (Phi) is 4.93. The molecule has 0 atom stereocenters. The van der Waals surface area contributed by atoms with Gasteiger partial charge in [-0.3, -0.25) is 0 Å². The Morgan fingerprint density at radius 1 is 1.23 bits per heavy atom. The van der Waals surface area contributed by atoms with Gasteiger partial charge in [0, 0.05) is 0 Å². The Hall–Kier alpha value is -2.72. The van der Waals surface area contributed by atoms with E-state index in [0.717, 1.165) is 16.3 Å². The standard InChI is InChI=1S/C16H14N6O2S2/c1-2-23-12-7-4-3-6-11(12)22-16(18-20-21-22)26-10-14-17-15(19-24-14)13-8-5-9-25-13/h3-9H,2,10H2,1H3. The number of ether oxygens (including phenoxy) is 1. The molecule has 4 aromatic rings. The zero-order valence-electron chi connectivity index (χ0n) is 13.8. The van der Waals surface area contributed by atoms with Crippen LogP contribution >= 0.6 is 23.1 Å². The minimum absolute atomic E-state index is 0.468. The zero-order valence-corrected chi connectivity index (χ0v) is 15.4. The summed E-state index contributed by atoms with van der Waals surface area (Å²) in [4.78, 5) is 5.38. The van der Waals surface area contributed by atoms with E-state index in [2.05, 4.69) is 25.7 Å². The minimum Gasteiger partial charge on any atom is -0.492 e. The summed E-state index contributed by atoms with van der Waals surface area (Å²) in [6.07, 6.45) is 0. The van der Waals surface area contributed by atoms with E-state index in [4.69, 9.17) is 9.26 Å². The Labute approximate surface area is 157 Å². The van der Waals surface area contributed by atoms with E-state index < -0.39 is 0 Å². The third-order valence-electron chi connectivity index (χ3n) is 3.37. The Morgan fingerprint density at radius 3 is 3.00 bits per heavy atom. The van der Waals surface area contributed by atoms with Crippen molar-refractivity contribution in [3.63, 3.8) is 0 Å². The average Bonchev–Trinajstić information content (AvgIpc) is 3.41. The van der Waals surface area contributed by atoms with Gasteiger partial charge >= 0.3 is 0 Å². The van der Waals surface area contributed by atoms with E-state index in [1.54, 1.807) is 16.0 Å². The molecule has 0 bridgehead atoms. The van der Waals surface area contributed by atoms with Crippen molar-refractivity contribution in [3.8, 4) is 22.1 Å². The highest BCUT2D eigenvalue weighted by molar-refractivity contribution is 7.98. The first-order valence-corrected chi connectivity index (χ1v) is 9.71. The van der Waals surface area contributed by atoms with Crippen molar-refractivity contribution in [1.82, 2.24) is 30.3 Å². The molecule has 0 aliphatic rings. The highest BCUT2D eigenvalue weighted by atomic mass is 32.2. The smallest absolute Gasteiger partial charge is 0.237 e. The van der Waals surface area contributed by atoms with Gasteiger partial charge in [0.2, 0.25) is 16.9 Å². The van der Waals surface area contributed by atoms with Crippen LogP contribution in [0.2, 0.25) is 0 Å². The summed E-state index contributed by atoms with van der Waals surface area (Å²) < 4.78 is 12.6. The molecule has 0 saturated carbocycles. The quantitative estimate of drug-likeness (QED) is 0.446. The number of tetrazole rings is 1. The van der Waals surface area contributed by atoms with Crippen LogP contribution in [-0.4, -0.2) is 37.0 Å². The molecule has 0 spiro atoms. The number of thioether (sulfide) groups is 1. The number of hydrogen-bond acceptors (Lipinski definition) is 9. The van der Waals surface area contributed by atoms with Gasteiger partial charge in [0.05, 0.1) is 17.2 Å². The third kappa shape index (κ3) is 3.46. The van der Waals surface area contributed by atoms with E-state index in [0.29, 0.717) is 29.2 Å². The van der Waals surface area contributed by atoms with Crippen LogP contribution in [0.4, 0.5) is 0 Å². The van der Waals surface area contributed by atoms with Gasteiger partial charge in [0.15, 0.2) is 0 Å². The van der Waals surface area contributed by atoms with Crippen LogP contribution in [-0.2, 0) is 5.75 Å². The molecule has 0 aliphatic carbocycles. The molecule has 3 aromatic heterocycles. The highest BCUT2D eigenvalue weighted by Crippen LogP contribution is 2.28. The monoisotopic (exact) mass is 386 g/mol. The van der Waals surface area contributed by atoms with E-state index >= 15 is 0 Å². The van der Waals surface area contributed by atoms with Crippen LogP contribution in [0.15, 0.2) is 51.5 Å². The fourth-order valence-corrected chi connectivity index (χ4v) is 3.65. The van der Waals surface area contributed by atoms with Gasteiger partial charge in [-0.15, -0.1) is 16.4 Å². The molecule has 0 aliphatic heterocycles. The lowest BCUT2D eigenvalue weighted by atomic mass is 10.3. The van der Waals surface area contributed by atoms with Gasteiger partial charge in [-0.25, -0.2) is 0 Å². The van der Waals surface area contributed by atoms with Gasteiger partial charge in [0.1, 0.15) is 11.4 Å². The molecule has 132 valence electrons. The number of hydrogen-bond donors (Lipinski definition) is 0. The lowest BCUT2D eigenvalue weighted by Crippen LogP contribution is -2.03. The van der Waals surface area contributed by atoms with E-state index in [1.807, 2.05) is 48.7 Å². The molecule has 1 aromatic carbocycles. The maximum atomic E-state index is 5.66. The molecular formula is C16H14N6O2S2. The van der Waals surface area contributed by atoms with Crippen LogP contribution in [0.5, 0.6) is 5.75 Å². The molecule has 3 heterocycles. The number of rotatable bonds is 7. The maximum absolute atomic E-state index is 5.66. The molecule has 0 fully saturated rings. The number of benzene rings is 1. The molecule has 0 unspecified atom stereocenters. The number of aromatic nitrogens is 6. The van der Waals surface area contributed by atoms with Gasteiger partial charge in [-0.1, -0.05) is 35.1 Å². The van der Waals surface area contributed by atoms with Crippen LogP contribution in [0.3, 0.4) is 0 Å². The van der Waals surface area contributed by atoms with Crippen LogP contribution < -0.4 is 4.74 Å². The second kappa shape index (κ2) is 7.67. The summed E-state index contributed by atoms with van der Waals surface area (Å²) in [5.41, 5.74) is 0.784. The summed E-state index contributed by atoms with van der Waals surface area (Å²) in [6, 6.07) is 11.5. The van der Waals surface area contributed by atoms with Gasteiger partial charge in [0.25, 0.3) is 0 Å². The Balaban J connectivity index is 1.52. The summed E-state index contributed by atoms with van der Waals surface area (Å²) >= 11 is 2.99. The second-order valence-electron chi connectivity index (χ2n) is 5.05. The van der Waals surface area contributed by atoms with Crippen molar-refractivity contribution < 1.29 is 9.26 Å². The normalized spacial score (nSPS) is 11.0. The van der Waals surface area contributed by atoms with Crippen molar-refractivity contribution in [2.75, 3.05) is 6.61 Å². The molecule has 0 radical (unpaired) electrons. The predicted molar refractivity (Wildman–Crippen MR) is 97.5 cm³/mol. The molecule has 10 heteroatoms.